The average molecular weight is 325 g/mol. The van der Waals surface area contributed by atoms with Crippen molar-refractivity contribution >= 4 is 5.82 Å². The van der Waals surface area contributed by atoms with Gasteiger partial charge in [0.05, 0.1) is 6.20 Å². The second-order valence-corrected chi connectivity index (χ2v) is 6.41. The number of hydrogen-bond donors (Lipinski definition) is 3. The Morgan fingerprint density at radius 3 is 2.79 bits per heavy atom. The fourth-order valence-corrected chi connectivity index (χ4v) is 3.34. The van der Waals surface area contributed by atoms with E-state index in [0.29, 0.717) is 17.9 Å². The molecule has 0 aliphatic heterocycles. The van der Waals surface area contributed by atoms with Gasteiger partial charge in [0.1, 0.15) is 17.3 Å². The Balaban J connectivity index is 1.92. The zero-order valence-corrected chi connectivity index (χ0v) is 14.1. The summed E-state index contributed by atoms with van der Waals surface area (Å²) in [7, 11) is 0. The molecule has 24 heavy (non-hydrogen) atoms. The number of aryl methyl sites for hydroxylation is 1. The van der Waals surface area contributed by atoms with Crippen molar-refractivity contribution in [2.75, 3.05) is 5.32 Å². The summed E-state index contributed by atoms with van der Waals surface area (Å²) in [6.07, 6.45) is 10.1. The molecule has 0 spiro atoms. The predicted octanol–water partition coefficient (Wildman–Crippen LogP) is 4.02. The highest BCUT2D eigenvalue weighted by atomic mass is 16.3. The molecule has 1 aliphatic carbocycles. The van der Waals surface area contributed by atoms with Gasteiger partial charge in [-0.05, 0) is 44.7 Å². The number of rotatable bonds is 4. The smallest absolute Gasteiger partial charge is 0.144 e. The molecule has 5 heteroatoms. The van der Waals surface area contributed by atoms with Gasteiger partial charge in [-0.3, -0.25) is 4.98 Å². The molecule has 1 aromatic heterocycles. The van der Waals surface area contributed by atoms with Crippen molar-refractivity contribution in [1.82, 2.24) is 9.97 Å². The third kappa shape index (κ3) is 3.35. The van der Waals surface area contributed by atoms with Gasteiger partial charge in [0, 0.05) is 36.0 Å². The van der Waals surface area contributed by atoms with Crippen LogP contribution in [0.25, 0.3) is 0 Å². The largest absolute Gasteiger partial charge is 0.507 e. The SMILES string of the molecule is CC1=CC(c2c(O)cc(C)c(CNc3cnccn3)c2O)CCC1. The lowest BCUT2D eigenvalue weighted by Gasteiger charge is -2.24. The normalized spacial score (nSPS) is 17.4. The molecule has 0 bridgehead atoms. The van der Waals surface area contributed by atoms with Crippen LogP contribution < -0.4 is 5.32 Å². The molecule has 0 saturated heterocycles. The highest BCUT2D eigenvalue weighted by molar-refractivity contribution is 5.56. The molecule has 3 rings (SSSR count). The van der Waals surface area contributed by atoms with E-state index >= 15 is 0 Å². The molecule has 1 aliphatic rings. The minimum Gasteiger partial charge on any atom is -0.507 e. The van der Waals surface area contributed by atoms with Gasteiger partial charge in [-0.2, -0.15) is 0 Å². The van der Waals surface area contributed by atoms with Gasteiger partial charge < -0.3 is 15.5 Å². The average Bonchev–Trinajstić information content (AvgIpc) is 2.55. The number of phenolic OH excluding ortho intramolecular Hbond substituents is 2. The van der Waals surface area contributed by atoms with Crippen LogP contribution in [0.5, 0.6) is 11.5 Å². The van der Waals surface area contributed by atoms with E-state index in [4.69, 9.17) is 0 Å². The topological polar surface area (TPSA) is 78.3 Å². The van der Waals surface area contributed by atoms with Crippen LogP contribution in [0, 0.1) is 6.92 Å². The van der Waals surface area contributed by atoms with E-state index in [1.54, 1.807) is 24.7 Å². The first-order valence-electron chi connectivity index (χ1n) is 8.27. The molecular weight excluding hydrogens is 302 g/mol. The quantitative estimate of drug-likeness (QED) is 0.740. The highest BCUT2D eigenvalue weighted by Crippen LogP contribution is 2.43. The highest BCUT2D eigenvalue weighted by Gasteiger charge is 2.23. The molecule has 0 radical (unpaired) electrons. The van der Waals surface area contributed by atoms with Crippen LogP contribution in [0.2, 0.25) is 0 Å². The number of nitrogens with zero attached hydrogens (tertiary/aromatic N) is 2. The lowest BCUT2D eigenvalue weighted by atomic mass is 9.83. The summed E-state index contributed by atoms with van der Waals surface area (Å²) in [5, 5.41) is 24.4. The molecular formula is C19H23N3O2. The number of aromatic hydroxyl groups is 2. The molecule has 1 unspecified atom stereocenters. The zero-order chi connectivity index (χ0) is 17.1. The van der Waals surface area contributed by atoms with Crippen molar-refractivity contribution in [2.24, 2.45) is 0 Å². The fraction of sp³-hybridized carbons (Fsp3) is 0.368. The van der Waals surface area contributed by atoms with Crippen molar-refractivity contribution in [1.29, 1.82) is 0 Å². The van der Waals surface area contributed by atoms with Crippen LogP contribution in [0.3, 0.4) is 0 Å². The molecule has 2 aromatic rings. The van der Waals surface area contributed by atoms with E-state index < -0.39 is 0 Å². The van der Waals surface area contributed by atoms with Gasteiger partial charge in [0.25, 0.3) is 0 Å². The summed E-state index contributed by atoms with van der Waals surface area (Å²) >= 11 is 0. The monoisotopic (exact) mass is 325 g/mol. The Hall–Kier alpha value is -2.56. The lowest BCUT2D eigenvalue weighted by Crippen LogP contribution is -2.08. The fourth-order valence-electron chi connectivity index (χ4n) is 3.34. The zero-order valence-electron chi connectivity index (χ0n) is 14.1. The van der Waals surface area contributed by atoms with Gasteiger partial charge >= 0.3 is 0 Å². The first-order chi connectivity index (χ1) is 11.6. The maximum absolute atomic E-state index is 10.8. The number of phenols is 2. The van der Waals surface area contributed by atoms with Crippen molar-refractivity contribution in [2.45, 2.75) is 45.6 Å². The van der Waals surface area contributed by atoms with Crippen LogP contribution in [0.4, 0.5) is 5.82 Å². The van der Waals surface area contributed by atoms with Crippen molar-refractivity contribution in [3.63, 3.8) is 0 Å². The Morgan fingerprint density at radius 1 is 1.25 bits per heavy atom. The third-order valence-electron chi connectivity index (χ3n) is 4.60. The number of aromatic nitrogens is 2. The standard InChI is InChI=1S/C19H23N3O2/c1-12-4-3-5-14(8-12)18-16(23)9-13(2)15(19(18)24)10-22-17-11-20-6-7-21-17/h6-9,11,14,23-24H,3-5,10H2,1-2H3,(H,21,22). The summed E-state index contributed by atoms with van der Waals surface area (Å²) in [5.74, 6) is 1.07. The van der Waals surface area contributed by atoms with Crippen LogP contribution in [-0.4, -0.2) is 20.2 Å². The number of benzene rings is 1. The molecule has 0 fully saturated rings. The van der Waals surface area contributed by atoms with Gasteiger partial charge in [-0.1, -0.05) is 11.6 Å². The Bertz CT molecular complexity index is 757. The van der Waals surface area contributed by atoms with Gasteiger partial charge in [0.2, 0.25) is 0 Å². The van der Waals surface area contributed by atoms with Gasteiger partial charge in [-0.25, -0.2) is 4.98 Å². The Kier molecular flexibility index (Phi) is 4.69. The van der Waals surface area contributed by atoms with Crippen molar-refractivity contribution in [3.8, 4) is 11.5 Å². The number of allylic oxidation sites excluding steroid dienone is 2. The van der Waals surface area contributed by atoms with E-state index in [9.17, 15) is 10.2 Å². The summed E-state index contributed by atoms with van der Waals surface area (Å²) in [4.78, 5) is 8.20. The summed E-state index contributed by atoms with van der Waals surface area (Å²) < 4.78 is 0. The number of hydrogen-bond acceptors (Lipinski definition) is 5. The Labute approximate surface area is 142 Å². The van der Waals surface area contributed by atoms with Crippen molar-refractivity contribution in [3.05, 3.63) is 53.0 Å². The third-order valence-corrected chi connectivity index (χ3v) is 4.60. The van der Waals surface area contributed by atoms with E-state index in [1.165, 1.54) is 5.57 Å². The maximum Gasteiger partial charge on any atom is 0.144 e. The molecule has 0 amide bonds. The van der Waals surface area contributed by atoms with Crippen LogP contribution in [0.1, 0.15) is 48.8 Å². The minimum atomic E-state index is 0.0645. The van der Waals surface area contributed by atoms with Crippen LogP contribution in [0.15, 0.2) is 36.3 Å². The molecule has 3 N–H and O–H groups in total. The molecule has 1 atom stereocenters. The van der Waals surface area contributed by atoms with Gasteiger partial charge in [0.15, 0.2) is 0 Å². The molecule has 1 aromatic carbocycles. The summed E-state index contributed by atoms with van der Waals surface area (Å²) in [5.41, 5.74) is 3.58. The van der Waals surface area contributed by atoms with E-state index in [2.05, 4.69) is 28.3 Å². The van der Waals surface area contributed by atoms with Crippen molar-refractivity contribution < 1.29 is 10.2 Å². The van der Waals surface area contributed by atoms with Crippen LogP contribution >= 0.6 is 0 Å². The lowest BCUT2D eigenvalue weighted by molar-refractivity contribution is 0.424. The molecule has 1 heterocycles. The molecule has 126 valence electrons. The Morgan fingerprint density at radius 2 is 2.08 bits per heavy atom. The van der Waals surface area contributed by atoms with Crippen LogP contribution in [-0.2, 0) is 6.54 Å². The molecule has 0 saturated carbocycles. The first-order valence-corrected chi connectivity index (χ1v) is 8.27. The van der Waals surface area contributed by atoms with Gasteiger partial charge in [-0.15, -0.1) is 0 Å². The second-order valence-electron chi connectivity index (χ2n) is 6.41. The second kappa shape index (κ2) is 6.91. The maximum atomic E-state index is 10.8. The number of anilines is 1. The van der Waals surface area contributed by atoms with E-state index in [0.717, 1.165) is 30.4 Å². The van der Waals surface area contributed by atoms with E-state index in [1.807, 2.05) is 6.92 Å². The summed E-state index contributed by atoms with van der Waals surface area (Å²) in [6, 6.07) is 1.74. The molecule has 5 nitrogen and oxygen atoms in total. The number of nitrogens with one attached hydrogen (secondary N) is 1. The summed E-state index contributed by atoms with van der Waals surface area (Å²) in [6.45, 7) is 4.42. The predicted molar refractivity (Wildman–Crippen MR) is 94.2 cm³/mol. The van der Waals surface area contributed by atoms with E-state index in [-0.39, 0.29) is 17.4 Å². The first kappa shape index (κ1) is 16.3. The minimum absolute atomic E-state index is 0.0645.